The first-order chi connectivity index (χ1) is 18.4. The number of carbonyl (C=O) groups is 1. The summed E-state index contributed by atoms with van der Waals surface area (Å²) in [7, 11) is 0. The molecule has 1 N–H and O–H groups in total. The molecule has 2 fully saturated rings. The molecule has 1 aromatic carbocycles. The second kappa shape index (κ2) is 10.9. The van der Waals surface area contributed by atoms with E-state index in [1.54, 1.807) is 18.5 Å². The van der Waals surface area contributed by atoms with Crippen LogP contribution in [0.2, 0.25) is 0 Å². The number of benzene rings is 1. The maximum Gasteiger partial charge on any atom is 0.269 e. The Kier molecular flexibility index (Phi) is 7.26. The van der Waals surface area contributed by atoms with Crippen molar-refractivity contribution in [3.05, 3.63) is 75.8 Å². The lowest BCUT2D eigenvalue weighted by Gasteiger charge is -2.40. The number of hydrogen-bond donors (Lipinski definition) is 1. The van der Waals surface area contributed by atoms with Gasteiger partial charge in [0.15, 0.2) is 0 Å². The molecule has 2 aromatic heterocycles. The summed E-state index contributed by atoms with van der Waals surface area (Å²) in [5, 5.41) is 15.5. The van der Waals surface area contributed by atoms with E-state index in [0.717, 1.165) is 30.9 Å². The van der Waals surface area contributed by atoms with Crippen LogP contribution < -0.4 is 20.1 Å². The van der Waals surface area contributed by atoms with Crippen molar-refractivity contribution in [3.63, 3.8) is 0 Å². The number of carbonyl (C=O) groups excluding carboxylic acids is 1. The molecular weight excluding hydrogens is 482 g/mol. The summed E-state index contributed by atoms with van der Waals surface area (Å²) in [6.45, 7) is 7.05. The van der Waals surface area contributed by atoms with Crippen LogP contribution >= 0.6 is 0 Å². The van der Waals surface area contributed by atoms with Gasteiger partial charge in [0.05, 0.1) is 23.5 Å². The molecule has 0 spiro atoms. The number of nitrogens with one attached hydrogen (secondary N) is 1. The molecule has 10 heteroatoms. The monoisotopic (exact) mass is 513 g/mol. The number of nitrogens with zero attached hydrogens (tertiary/aromatic N) is 6. The van der Waals surface area contributed by atoms with Gasteiger partial charge >= 0.3 is 0 Å². The zero-order valence-corrected chi connectivity index (χ0v) is 21.6. The summed E-state index contributed by atoms with van der Waals surface area (Å²) in [4.78, 5) is 36.0. The summed E-state index contributed by atoms with van der Waals surface area (Å²) >= 11 is 0. The van der Waals surface area contributed by atoms with Crippen LogP contribution in [0.25, 0.3) is 0 Å². The molecule has 38 heavy (non-hydrogen) atoms. The summed E-state index contributed by atoms with van der Waals surface area (Å²) in [5.41, 5.74) is 2.44. The predicted molar refractivity (Wildman–Crippen MR) is 144 cm³/mol. The molecule has 2 atom stereocenters. The van der Waals surface area contributed by atoms with Gasteiger partial charge in [-0.25, -0.2) is 10.1 Å². The molecule has 2 aliphatic rings. The van der Waals surface area contributed by atoms with E-state index in [0.29, 0.717) is 48.7 Å². The minimum atomic E-state index is -0.177. The molecule has 3 aromatic rings. The van der Waals surface area contributed by atoms with Gasteiger partial charge in [-0.15, -0.1) is 0 Å². The summed E-state index contributed by atoms with van der Waals surface area (Å²) in [6, 6.07) is 13.2. The van der Waals surface area contributed by atoms with Gasteiger partial charge < -0.3 is 19.4 Å². The Labute approximate surface area is 221 Å². The number of aromatic amines is 1. The first-order valence-electron chi connectivity index (χ1n) is 12.9. The third kappa shape index (κ3) is 5.18. The van der Waals surface area contributed by atoms with Crippen molar-refractivity contribution in [2.24, 2.45) is 0 Å². The van der Waals surface area contributed by atoms with Crippen LogP contribution in [0.15, 0.2) is 53.6 Å². The highest BCUT2D eigenvalue weighted by atomic mass is 16.5. The van der Waals surface area contributed by atoms with Crippen LogP contribution in [0.1, 0.15) is 41.3 Å². The van der Waals surface area contributed by atoms with Gasteiger partial charge in [0.2, 0.25) is 0 Å². The Bertz CT molecular complexity index is 1400. The van der Waals surface area contributed by atoms with Crippen molar-refractivity contribution in [2.75, 3.05) is 42.6 Å². The summed E-state index contributed by atoms with van der Waals surface area (Å²) in [6.07, 6.45) is 5.25. The van der Waals surface area contributed by atoms with Crippen LogP contribution in [-0.4, -0.2) is 70.9 Å². The molecule has 10 nitrogen and oxygen atoms in total. The van der Waals surface area contributed by atoms with Crippen LogP contribution in [0, 0.1) is 18.3 Å². The van der Waals surface area contributed by atoms with E-state index in [2.05, 4.69) is 31.1 Å². The third-order valence-electron chi connectivity index (χ3n) is 7.38. The van der Waals surface area contributed by atoms with E-state index in [-0.39, 0.29) is 23.6 Å². The van der Waals surface area contributed by atoms with Crippen molar-refractivity contribution in [2.45, 2.75) is 38.8 Å². The number of hydrogen-bond acceptors (Lipinski definition) is 8. The van der Waals surface area contributed by atoms with Gasteiger partial charge in [-0.1, -0.05) is 6.07 Å². The zero-order chi connectivity index (χ0) is 26.6. The Morgan fingerprint density at radius 1 is 1.21 bits per heavy atom. The van der Waals surface area contributed by atoms with E-state index >= 15 is 0 Å². The number of amides is 1. The van der Waals surface area contributed by atoms with E-state index in [1.807, 2.05) is 49.1 Å². The minimum absolute atomic E-state index is 0.00353. The van der Waals surface area contributed by atoms with Crippen LogP contribution in [0.4, 0.5) is 11.5 Å². The summed E-state index contributed by atoms with van der Waals surface area (Å²) < 4.78 is 6.15. The number of nitriles is 1. The number of ether oxygens (including phenoxy) is 1. The fourth-order valence-corrected chi connectivity index (χ4v) is 5.25. The molecule has 1 unspecified atom stereocenters. The first-order valence-corrected chi connectivity index (χ1v) is 12.9. The fourth-order valence-electron chi connectivity index (χ4n) is 5.25. The molecule has 2 aliphatic heterocycles. The second-order valence-corrected chi connectivity index (χ2v) is 9.85. The number of H-pyrrole nitrogens is 1. The van der Waals surface area contributed by atoms with Gasteiger partial charge in [-0.05, 0) is 57.0 Å². The largest absolute Gasteiger partial charge is 0.491 e. The minimum Gasteiger partial charge on any atom is -0.491 e. The van der Waals surface area contributed by atoms with Crippen LogP contribution in [-0.2, 0) is 0 Å². The number of anilines is 2. The Morgan fingerprint density at radius 3 is 2.84 bits per heavy atom. The average molecular weight is 514 g/mol. The molecule has 5 rings (SSSR count). The molecule has 0 bridgehead atoms. The molecule has 2 saturated heterocycles. The maximum atomic E-state index is 13.4. The summed E-state index contributed by atoms with van der Waals surface area (Å²) in [5.74, 6) is 1.44. The molecule has 196 valence electrons. The molecule has 0 saturated carbocycles. The number of aromatic nitrogens is 3. The van der Waals surface area contributed by atoms with Gasteiger partial charge in [0.1, 0.15) is 24.2 Å². The highest BCUT2D eigenvalue weighted by Crippen LogP contribution is 2.27. The van der Waals surface area contributed by atoms with Gasteiger partial charge in [0, 0.05) is 49.5 Å². The van der Waals surface area contributed by atoms with E-state index in [1.165, 1.54) is 0 Å². The van der Waals surface area contributed by atoms with Crippen LogP contribution in [0.3, 0.4) is 0 Å². The average Bonchev–Trinajstić information content (AvgIpc) is 3.41. The van der Waals surface area contributed by atoms with E-state index in [9.17, 15) is 9.59 Å². The van der Waals surface area contributed by atoms with Crippen molar-refractivity contribution in [1.82, 2.24) is 20.1 Å². The smallest absolute Gasteiger partial charge is 0.269 e. The van der Waals surface area contributed by atoms with E-state index in [4.69, 9.17) is 10.00 Å². The van der Waals surface area contributed by atoms with Gasteiger partial charge in [0.25, 0.3) is 11.5 Å². The molecule has 0 aliphatic carbocycles. The Balaban J connectivity index is 1.21. The normalized spacial score (nSPS) is 19.3. The van der Waals surface area contributed by atoms with Crippen molar-refractivity contribution < 1.29 is 9.53 Å². The number of rotatable bonds is 6. The van der Waals surface area contributed by atoms with E-state index < -0.39 is 0 Å². The zero-order valence-electron chi connectivity index (χ0n) is 21.6. The molecule has 0 radical (unpaired) electrons. The number of pyridine rings is 1. The third-order valence-corrected chi connectivity index (χ3v) is 7.38. The standard InChI is InChI=1S/C28H31N7O3/c1-19-17-33(26-9-8-21(14-29)15-30-26)11-12-34(19)28(37)22-5-3-7-24(13-22)38-18-23-6-4-10-35(23)25-16-31-32-27(36)20(25)2/h3,5,7-9,13,15-16,19,23H,4,6,10-12,17-18H2,1-2H3,(H,32,36)/t19?,23-/m0/s1. The van der Waals surface area contributed by atoms with Crippen molar-refractivity contribution >= 4 is 17.4 Å². The SMILES string of the molecule is Cc1c(N2CCC[C@H]2COc2cccc(C(=O)N3CCN(c4ccc(C#N)cn4)CC3C)c2)cn[nH]c1=O. The van der Waals surface area contributed by atoms with Gasteiger partial charge in [-0.3, -0.25) is 9.59 Å². The second-order valence-electron chi connectivity index (χ2n) is 9.85. The topological polar surface area (TPSA) is 118 Å². The first kappa shape index (κ1) is 25.3. The maximum absolute atomic E-state index is 13.4. The fraction of sp³-hybridized carbons (Fsp3) is 0.393. The Hall–Kier alpha value is -4.39. The quantitative estimate of drug-likeness (QED) is 0.535. The lowest BCUT2D eigenvalue weighted by atomic mass is 10.1. The molecular formula is C28H31N7O3. The lowest BCUT2D eigenvalue weighted by molar-refractivity contribution is 0.0673. The number of piperazine rings is 1. The van der Waals surface area contributed by atoms with Gasteiger partial charge in [-0.2, -0.15) is 10.4 Å². The predicted octanol–water partition coefficient (Wildman–Crippen LogP) is 2.74. The highest BCUT2D eigenvalue weighted by molar-refractivity contribution is 5.95. The molecule has 1 amide bonds. The lowest BCUT2D eigenvalue weighted by Crippen LogP contribution is -2.54. The van der Waals surface area contributed by atoms with Crippen LogP contribution in [0.5, 0.6) is 5.75 Å². The van der Waals surface area contributed by atoms with Crippen molar-refractivity contribution in [3.8, 4) is 11.8 Å². The molecule has 4 heterocycles. The highest BCUT2D eigenvalue weighted by Gasteiger charge is 2.30. The Morgan fingerprint density at radius 2 is 2.08 bits per heavy atom. The van der Waals surface area contributed by atoms with Crippen molar-refractivity contribution in [1.29, 1.82) is 5.26 Å².